The number of likely N-dealkylation sites (tertiary alicyclic amines) is 1. The Bertz CT molecular complexity index is 583. The maximum atomic E-state index is 13.6. The highest BCUT2D eigenvalue weighted by atomic mass is 79.9. The number of carboxylic acid groups (broad SMARTS) is 1. The number of nitrogens with zero attached hydrogens (tertiary/aromatic N) is 1. The number of nitrogens with one attached hydrogen (secondary N) is 1. The number of aliphatic carboxylic acids is 1. The molecule has 0 spiro atoms. The Kier molecular flexibility index (Phi) is 4.76. The molecular weight excluding hydrogens is 350 g/mol. The summed E-state index contributed by atoms with van der Waals surface area (Å²) >= 11 is 2.90. The summed E-state index contributed by atoms with van der Waals surface area (Å²) in [5.74, 6) is -2.80. The van der Waals surface area contributed by atoms with Crippen LogP contribution in [0.25, 0.3) is 0 Å². The van der Waals surface area contributed by atoms with Crippen LogP contribution in [0.3, 0.4) is 0 Å². The van der Waals surface area contributed by atoms with Crippen LogP contribution < -0.4 is 5.32 Å². The number of urea groups is 1. The molecule has 2 amide bonds. The molecule has 1 aliphatic heterocycles. The van der Waals surface area contributed by atoms with Crippen molar-refractivity contribution in [3.8, 4) is 0 Å². The minimum absolute atomic E-state index is 0.00706. The van der Waals surface area contributed by atoms with Crippen molar-refractivity contribution in [1.82, 2.24) is 4.90 Å². The van der Waals surface area contributed by atoms with Gasteiger partial charge in [0.05, 0.1) is 10.2 Å². The summed E-state index contributed by atoms with van der Waals surface area (Å²) in [5.41, 5.74) is -0.206. The van der Waals surface area contributed by atoms with Gasteiger partial charge in [0.2, 0.25) is 0 Å². The van der Waals surface area contributed by atoms with Gasteiger partial charge in [0, 0.05) is 12.6 Å². The second-order valence-corrected chi connectivity index (χ2v) is 5.57. The maximum Gasteiger partial charge on any atom is 0.326 e. The molecule has 21 heavy (non-hydrogen) atoms. The van der Waals surface area contributed by atoms with Crippen LogP contribution >= 0.6 is 15.9 Å². The van der Waals surface area contributed by atoms with Gasteiger partial charge < -0.3 is 15.3 Å². The van der Waals surface area contributed by atoms with E-state index in [9.17, 15) is 18.4 Å². The van der Waals surface area contributed by atoms with Crippen LogP contribution in [0.4, 0.5) is 19.3 Å². The Hall–Kier alpha value is -1.70. The van der Waals surface area contributed by atoms with E-state index < -0.39 is 29.7 Å². The van der Waals surface area contributed by atoms with Crippen LogP contribution in [-0.2, 0) is 4.79 Å². The van der Waals surface area contributed by atoms with Gasteiger partial charge >= 0.3 is 12.0 Å². The lowest BCUT2D eigenvalue weighted by Gasteiger charge is -2.32. The number of hydrogen-bond acceptors (Lipinski definition) is 2. The number of amides is 2. The second-order valence-electron chi connectivity index (χ2n) is 4.72. The van der Waals surface area contributed by atoms with Gasteiger partial charge in [-0.3, -0.25) is 0 Å². The Morgan fingerprint density at radius 3 is 2.67 bits per heavy atom. The number of carbonyl (C=O) groups is 2. The zero-order valence-corrected chi connectivity index (χ0v) is 12.5. The lowest BCUT2D eigenvalue weighted by atomic mass is 10.0. The van der Waals surface area contributed by atoms with Crippen LogP contribution in [0, 0.1) is 11.6 Å². The Morgan fingerprint density at radius 1 is 1.29 bits per heavy atom. The van der Waals surface area contributed by atoms with E-state index in [1.165, 1.54) is 0 Å². The molecule has 1 fully saturated rings. The average Bonchev–Trinajstić information content (AvgIpc) is 2.44. The van der Waals surface area contributed by atoms with Gasteiger partial charge in [-0.05, 0) is 41.3 Å². The van der Waals surface area contributed by atoms with Crippen molar-refractivity contribution in [2.75, 3.05) is 11.9 Å². The summed E-state index contributed by atoms with van der Waals surface area (Å²) < 4.78 is 26.7. The predicted octanol–water partition coefficient (Wildman–Crippen LogP) is 3.20. The molecule has 1 heterocycles. The molecule has 1 saturated heterocycles. The van der Waals surface area contributed by atoms with E-state index in [0.717, 1.165) is 17.4 Å². The van der Waals surface area contributed by atoms with Gasteiger partial charge in [-0.25, -0.2) is 18.4 Å². The maximum absolute atomic E-state index is 13.6. The first-order chi connectivity index (χ1) is 9.90. The highest BCUT2D eigenvalue weighted by Crippen LogP contribution is 2.25. The fourth-order valence-corrected chi connectivity index (χ4v) is 2.58. The van der Waals surface area contributed by atoms with Crippen LogP contribution in [-0.4, -0.2) is 34.6 Å². The highest BCUT2D eigenvalue weighted by molar-refractivity contribution is 9.10. The van der Waals surface area contributed by atoms with Gasteiger partial charge in [-0.15, -0.1) is 0 Å². The summed E-state index contributed by atoms with van der Waals surface area (Å²) in [7, 11) is 0. The van der Waals surface area contributed by atoms with Crippen LogP contribution in [0.5, 0.6) is 0 Å². The molecule has 0 radical (unpaired) electrons. The summed E-state index contributed by atoms with van der Waals surface area (Å²) in [4.78, 5) is 24.4. The van der Waals surface area contributed by atoms with E-state index in [1.807, 2.05) is 0 Å². The molecule has 0 bridgehead atoms. The molecule has 0 aromatic heterocycles. The topological polar surface area (TPSA) is 69.6 Å². The third-order valence-corrected chi connectivity index (χ3v) is 3.91. The number of hydrogen-bond donors (Lipinski definition) is 2. The lowest BCUT2D eigenvalue weighted by Crippen LogP contribution is -2.49. The van der Waals surface area contributed by atoms with E-state index in [4.69, 9.17) is 5.11 Å². The summed E-state index contributed by atoms with van der Waals surface area (Å²) in [6.07, 6.45) is 1.77. The van der Waals surface area contributed by atoms with Crippen molar-refractivity contribution in [3.63, 3.8) is 0 Å². The minimum Gasteiger partial charge on any atom is -0.480 e. The van der Waals surface area contributed by atoms with Crippen molar-refractivity contribution >= 4 is 33.6 Å². The lowest BCUT2D eigenvalue weighted by molar-refractivity contribution is -0.143. The Labute approximate surface area is 128 Å². The number of rotatable bonds is 2. The fraction of sp³-hybridized carbons (Fsp3) is 0.385. The van der Waals surface area contributed by atoms with Crippen LogP contribution in [0.15, 0.2) is 16.6 Å². The SMILES string of the molecule is O=C(O)C1CCCCN1C(=O)Nc1cc(Br)c(F)cc1F. The fourth-order valence-electron chi connectivity index (χ4n) is 2.24. The first-order valence-electron chi connectivity index (χ1n) is 6.35. The molecule has 2 rings (SSSR count). The summed E-state index contributed by atoms with van der Waals surface area (Å²) in [6, 6.07) is 0.109. The second kappa shape index (κ2) is 6.38. The largest absolute Gasteiger partial charge is 0.480 e. The van der Waals surface area contributed by atoms with Gasteiger partial charge in [-0.2, -0.15) is 0 Å². The normalized spacial score (nSPS) is 18.4. The number of carboxylic acids is 1. The average molecular weight is 363 g/mol. The smallest absolute Gasteiger partial charge is 0.326 e. The number of halogens is 3. The predicted molar refractivity (Wildman–Crippen MR) is 75.1 cm³/mol. The molecule has 1 aliphatic rings. The van der Waals surface area contributed by atoms with Crippen molar-refractivity contribution in [1.29, 1.82) is 0 Å². The highest BCUT2D eigenvalue weighted by Gasteiger charge is 2.32. The van der Waals surface area contributed by atoms with Crippen molar-refractivity contribution in [2.45, 2.75) is 25.3 Å². The van der Waals surface area contributed by atoms with E-state index in [0.29, 0.717) is 18.9 Å². The monoisotopic (exact) mass is 362 g/mol. The standard InChI is InChI=1S/C13H13BrF2N2O3/c14-7-5-10(9(16)6-8(7)15)17-13(21)18-4-2-1-3-11(18)12(19)20/h5-6,11H,1-4H2,(H,17,21)(H,19,20). The van der Waals surface area contributed by atoms with Gasteiger partial charge in [0.1, 0.15) is 17.7 Å². The molecule has 0 aliphatic carbocycles. The van der Waals surface area contributed by atoms with E-state index >= 15 is 0 Å². The third kappa shape index (κ3) is 3.49. The molecule has 0 saturated carbocycles. The number of anilines is 1. The molecule has 114 valence electrons. The zero-order valence-electron chi connectivity index (χ0n) is 10.9. The zero-order chi connectivity index (χ0) is 15.6. The molecule has 1 aromatic carbocycles. The molecule has 5 nitrogen and oxygen atoms in total. The van der Waals surface area contributed by atoms with Crippen LogP contribution in [0.1, 0.15) is 19.3 Å². The van der Waals surface area contributed by atoms with Crippen molar-refractivity contribution in [3.05, 3.63) is 28.2 Å². The van der Waals surface area contributed by atoms with Gasteiger partial charge in [0.25, 0.3) is 0 Å². The van der Waals surface area contributed by atoms with Crippen molar-refractivity contribution < 1.29 is 23.5 Å². The molecule has 8 heteroatoms. The first kappa shape index (κ1) is 15.7. The molecule has 1 aromatic rings. The molecule has 2 N–H and O–H groups in total. The first-order valence-corrected chi connectivity index (χ1v) is 7.14. The van der Waals surface area contributed by atoms with E-state index in [2.05, 4.69) is 21.2 Å². The Balaban J connectivity index is 2.17. The Morgan fingerprint density at radius 2 is 2.00 bits per heavy atom. The quantitative estimate of drug-likeness (QED) is 0.793. The molecule has 1 atom stereocenters. The minimum atomic E-state index is -1.09. The number of piperidine rings is 1. The van der Waals surface area contributed by atoms with Gasteiger partial charge in [0.15, 0.2) is 0 Å². The van der Waals surface area contributed by atoms with E-state index in [-0.39, 0.29) is 16.7 Å². The number of benzene rings is 1. The van der Waals surface area contributed by atoms with E-state index in [1.54, 1.807) is 0 Å². The number of carbonyl (C=O) groups excluding carboxylic acids is 1. The molecular formula is C13H13BrF2N2O3. The summed E-state index contributed by atoms with van der Waals surface area (Å²) in [6.45, 7) is 0.285. The third-order valence-electron chi connectivity index (χ3n) is 3.30. The van der Waals surface area contributed by atoms with Gasteiger partial charge in [-0.1, -0.05) is 0 Å². The summed E-state index contributed by atoms with van der Waals surface area (Å²) in [5, 5.41) is 11.4. The van der Waals surface area contributed by atoms with Crippen LogP contribution in [0.2, 0.25) is 0 Å². The molecule has 1 unspecified atom stereocenters. The van der Waals surface area contributed by atoms with Crippen molar-refractivity contribution in [2.24, 2.45) is 0 Å².